The summed E-state index contributed by atoms with van der Waals surface area (Å²) in [4.78, 5) is 0. The average molecular weight is 496 g/mol. The molecule has 31 heavy (non-hydrogen) atoms. The Hall–Kier alpha value is -0.690. The van der Waals surface area contributed by atoms with Crippen LogP contribution >= 0.6 is 0 Å². The van der Waals surface area contributed by atoms with Crippen molar-refractivity contribution in [1.29, 1.82) is 0 Å². The van der Waals surface area contributed by atoms with Gasteiger partial charge in [-0.3, -0.25) is 4.39 Å². The van der Waals surface area contributed by atoms with Crippen LogP contribution in [0.25, 0.3) is 0 Å². The highest BCUT2D eigenvalue weighted by Gasteiger charge is 2.45. The predicted molar refractivity (Wildman–Crippen MR) is 102 cm³/mol. The molecule has 0 N–H and O–H groups in total. The fourth-order valence-electron chi connectivity index (χ4n) is 2.82. The fourth-order valence-corrected chi connectivity index (χ4v) is 3.39. The van der Waals surface area contributed by atoms with Gasteiger partial charge in [-0.1, -0.05) is 0 Å². The molecule has 0 aromatic carbocycles. The van der Waals surface area contributed by atoms with Crippen LogP contribution in [0.4, 0.5) is 35.1 Å². The van der Waals surface area contributed by atoms with Crippen LogP contribution in [0.2, 0.25) is 0 Å². The lowest BCUT2D eigenvalue weighted by Gasteiger charge is -2.34. The number of nitrogens with zero attached hydrogens (tertiary/aromatic N) is 1. The number of hydrogen-bond donors (Lipinski definition) is 0. The Morgan fingerprint density at radius 1 is 0.677 bits per heavy atom. The molecule has 0 amide bonds. The molecule has 0 saturated heterocycles. The Morgan fingerprint density at radius 3 is 1.26 bits per heavy atom. The van der Waals surface area contributed by atoms with Crippen molar-refractivity contribution < 1.29 is 52.6 Å². The minimum Gasteiger partial charge on any atom is -0.748 e. The van der Waals surface area contributed by atoms with Crippen molar-refractivity contribution in [3.63, 3.8) is 0 Å². The summed E-state index contributed by atoms with van der Waals surface area (Å²) in [5.41, 5.74) is 0. The minimum atomic E-state index is -5.31. The molecule has 0 aliphatic carbocycles. The van der Waals surface area contributed by atoms with Gasteiger partial charge < -0.3 is 9.04 Å². The lowest BCUT2D eigenvalue weighted by molar-refractivity contribution is -0.921. The van der Waals surface area contributed by atoms with Gasteiger partial charge in [-0.05, 0) is 27.7 Å². The first-order valence-corrected chi connectivity index (χ1v) is 11.6. The third-order valence-electron chi connectivity index (χ3n) is 5.34. The van der Waals surface area contributed by atoms with Gasteiger partial charge >= 0.3 is 0 Å². The second kappa shape index (κ2) is 15.2. The van der Waals surface area contributed by atoms with E-state index in [2.05, 4.69) is 27.7 Å². The SMILES string of the molecule is CC[N+](CC)(CC)CC.O=S(=O)([O-])CC(F)C(F)C(F)C(F)C(F)C(F)C(F)CCF. The third-order valence-corrected chi connectivity index (χ3v) is 6.07. The first-order chi connectivity index (χ1) is 14.2. The van der Waals surface area contributed by atoms with Crippen molar-refractivity contribution in [3.8, 4) is 0 Å². The number of alkyl halides is 8. The molecule has 0 aliphatic rings. The van der Waals surface area contributed by atoms with Crippen molar-refractivity contribution in [3.05, 3.63) is 0 Å². The van der Waals surface area contributed by atoms with E-state index >= 15 is 0 Å². The molecule has 0 heterocycles. The Bertz CT molecular complexity index is 550. The molecule has 7 unspecified atom stereocenters. The first-order valence-electron chi connectivity index (χ1n) is 9.99. The van der Waals surface area contributed by atoms with Crippen molar-refractivity contribution >= 4 is 10.1 Å². The highest BCUT2D eigenvalue weighted by atomic mass is 32.2. The molecule has 0 radical (unpaired) electrons. The summed E-state index contributed by atoms with van der Waals surface area (Å²) in [7, 11) is -5.31. The topological polar surface area (TPSA) is 57.2 Å². The summed E-state index contributed by atoms with van der Waals surface area (Å²) in [5.74, 6) is -2.04. The van der Waals surface area contributed by atoms with Crippen molar-refractivity contribution in [2.24, 2.45) is 0 Å². The van der Waals surface area contributed by atoms with Gasteiger partial charge in [-0.25, -0.2) is 39.2 Å². The fraction of sp³-hybridized carbons (Fsp3) is 1.00. The van der Waals surface area contributed by atoms with E-state index in [9.17, 15) is 48.1 Å². The van der Waals surface area contributed by atoms with Crippen LogP contribution in [0.15, 0.2) is 0 Å². The second-order valence-electron chi connectivity index (χ2n) is 7.06. The molecule has 7 atom stereocenters. The van der Waals surface area contributed by atoms with Gasteiger partial charge in [0.15, 0.2) is 30.9 Å². The molecule has 0 spiro atoms. The maximum atomic E-state index is 13.2. The molecule has 0 fully saturated rings. The molecule has 0 saturated carbocycles. The van der Waals surface area contributed by atoms with Crippen molar-refractivity contribution in [2.75, 3.05) is 38.6 Å². The minimum absolute atomic E-state index is 1.15. The summed E-state index contributed by atoms with van der Waals surface area (Å²) in [5, 5.41) is 0. The molecule has 0 aromatic rings. The Labute approximate surface area is 179 Å². The molecular formula is C18H33F8NO3S. The van der Waals surface area contributed by atoms with E-state index in [0.717, 1.165) is 0 Å². The first kappa shape index (κ1) is 32.5. The summed E-state index contributed by atoms with van der Waals surface area (Å²) >= 11 is 0. The van der Waals surface area contributed by atoms with Crippen LogP contribution in [0, 0.1) is 0 Å². The second-order valence-corrected chi connectivity index (χ2v) is 8.51. The highest BCUT2D eigenvalue weighted by molar-refractivity contribution is 7.85. The van der Waals surface area contributed by atoms with Crippen molar-refractivity contribution in [1.82, 2.24) is 0 Å². The summed E-state index contributed by atoms with van der Waals surface area (Å²) in [6, 6.07) is 0. The number of rotatable bonds is 14. The van der Waals surface area contributed by atoms with E-state index in [4.69, 9.17) is 0 Å². The number of hydrogen-bond acceptors (Lipinski definition) is 3. The Balaban J connectivity index is 0. The van der Waals surface area contributed by atoms with Crippen LogP contribution in [0.5, 0.6) is 0 Å². The molecule has 0 rings (SSSR count). The number of halogens is 8. The van der Waals surface area contributed by atoms with Crippen LogP contribution in [-0.2, 0) is 10.1 Å². The quantitative estimate of drug-likeness (QED) is 0.207. The largest absolute Gasteiger partial charge is 0.748 e. The Morgan fingerprint density at radius 2 is 1.00 bits per heavy atom. The monoisotopic (exact) mass is 495 g/mol. The van der Waals surface area contributed by atoms with E-state index in [-0.39, 0.29) is 0 Å². The molecule has 0 aliphatic heterocycles. The normalized spacial score (nSPS) is 19.4. The van der Waals surface area contributed by atoms with Crippen LogP contribution < -0.4 is 0 Å². The number of quaternary nitrogens is 1. The van der Waals surface area contributed by atoms with Gasteiger partial charge in [0.05, 0.1) is 48.7 Å². The van der Waals surface area contributed by atoms with E-state index in [1.165, 1.54) is 30.7 Å². The highest BCUT2D eigenvalue weighted by Crippen LogP contribution is 2.27. The standard InChI is InChI=1S/C10H14F8O3S.C8H20N/c11-2-1-4(12)6(14)8(16)10(18)9(17)7(15)5(13)3-22(19,20)21;1-5-9(6-2,7-3)8-4/h4-10H,1-3H2,(H,19,20,21);5-8H2,1-4H3/q;+1/p-1. The zero-order valence-corrected chi connectivity index (χ0v) is 18.9. The lowest BCUT2D eigenvalue weighted by atomic mass is 9.99. The van der Waals surface area contributed by atoms with Crippen LogP contribution in [0.1, 0.15) is 34.1 Å². The third kappa shape index (κ3) is 11.7. The van der Waals surface area contributed by atoms with Gasteiger partial charge in [0.1, 0.15) is 12.3 Å². The predicted octanol–water partition coefficient (Wildman–Crippen LogP) is 4.14. The zero-order chi connectivity index (χ0) is 25.0. The van der Waals surface area contributed by atoms with Gasteiger partial charge in [-0.2, -0.15) is 0 Å². The van der Waals surface area contributed by atoms with E-state index < -0.39 is 72.2 Å². The van der Waals surface area contributed by atoms with E-state index in [1.54, 1.807) is 0 Å². The van der Waals surface area contributed by atoms with E-state index in [1.807, 2.05) is 0 Å². The smallest absolute Gasteiger partial charge is 0.168 e. The van der Waals surface area contributed by atoms with E-state index in [0.29, 0.717) is 0 Å². The van der Waals surface area contributed by atoms with Gasteiger partial charge in [0, 0.05) is 6.42 Å². The molecule has 0 aromatic heterocycles. The Kier molecular flexibility index (Phi) is 15.9. The van der Waals surface area contributed by atoms with Crippen molar-refractivity contribution in [2.45, 2.75) is 77.3 Å². The van der Waals surface area contributed by atoms with Gasteiger partial charge in [-0.15, -0.1) is 0 Å². The van der Waals surface area contributed by atoms with Gasteiger partial charge in [0.2, 0.25) is 0 Å². The maximum absolute atomic E-state index is 13.2. The summed E-state index contributed by atoms with van der Waals surface area (Å²) in [6.07, 6.45) is -25.1. The lowest BCUT2D eigenvalue weighted by Crippen LogP contribution is -2.47. The molecule has 0 bridgehead atoms. The zero-order valence-electron chi connectivity index (χ0n) is 18.1. The van der Waals surface area contributed by atoms with Gasteiger partial charge in [0.25, 0.3) is 0 Å². The molecule has 4 nitrogen and oxygen atoms in total. The van der Waals surface area contributed by atoms with Crippen LogP contribution in [-0.4, -0.2) is 99.3 Å². The average Bonchev–Trinajstić information content (AvgIpc) is 2.72. The summed E-state index contributed by atoms with van der Waals surface area (Å²) in [6.45, 7) is 12.8. The van der Waals surface area contributed by atoms with Crippen LogP contribution in [0.3, 0.4) is 0 Å². The molecule has 190 valence electrons. The molecular weight excluding hydrogens is 462 g/mol. The summed E-state index contributed by atoms with van der Waals surface area (Å²) < 4.78 is 135. The molecule has 13 heteroatoms. The maximum Gasteiger partial charge on any atom is 0.168 e.